The fourth-order valence-corrected chi connectivity index (χ4v) is 4.70. The first-order valence-electron chi connectivity index (χ1n) is 10.5. The summed E-state index contributed by atoms with van der Waals surface area (Å²) in [5.74, 6) is -0.646. The monoisotopic (exact) mass is 439 g/mol. The standard InChI is InChI=1S/C25H26FNO3S/c1-17-22(14-18-6-9-20(10-7-18)31(2)29)21-11-8-19(26)15-24(21)23(17)16-25(28)30-27-12-4-3-5-13-27/h6-11,14-15H,3-5,12-13,16H2,1-2H3. The maximum atomic E-state index is 14.1. The molecule has 2 aromatic carbocycles. The van der Waals surface area contributed by atoms with Crippen LogP contribution < -0.4 is 0 Å². The highest BCUT2D eigenvalue weighted by molar-refractivity contribution is 7.84. The molecule has 0 amide bonds. The van der Waals surface area contributed by atoms with Crippen LogP contribution in [0.15, 0.2) is 52.9 Å². The van der Waals surface area contributed by atoms with Crippen LogP contribution in [0.2, 0.25) is 0 Å². The zero-order chi connectivity index (χ0) is 22.0. The Balaban J connectivity index is 1.64. The minimum Gasteiger partial charge on any atom is -0.368 e. The van der Waals surface area contributed by atoms with E-state index in [1.54, 1.807) is 17.4 Å². The van der Waals surface area contributed by atoms with E-state index in [1.807, 2.05) is 37.3 Å². The maximum absolute atomic E-state index is 14.1. The molecule has 1 heterocycles. The molecule has 6 heteroatoms. The van der Waals surface area contributed by atoms with E-state index in [2.05, 4.69) is 0 Å². The lowest BCUT2D eigenvalue weighted by Crippen LogP contribution is -2.32. The van der Waals surface area contributed by atoms with E-state index in [-0.39, 0.29) is 18.2 Å². The van der Waals surface area contributed by atoms with Crippen molar-refractivity contribution in [3.05, 3.63) is 70.5 Å². The van der Waals surface area contributed by atoms with Gasteiger partial charge in [-0.1, -0.05) is 24.6 Å². The summed E-state index contributed by atoms with van der Waals surface area (Å²) in [7, 11) is -1.03. The number of carbonyl (C=O) groups excluding carboxylic acids is 1. The SMILES string of the molecule is CC1=C(CC(=O)ON2CCCCC2)c2cc(F)ccc2C1=Cc1ccc(S(C)=O)cc1. The highest BCUT2D eigenvalue weighted by Gasteiger charge is 2.27. The molecule has 0 spiro atoms. The number of halogens is 1. The molecule has 162 valence electrons. The summed E-state index contributed by atoms with van der Waals surface area (Å²) in [6, 6.07) is 12.2. The average Bonchev–Trinajstić information content (AvgIpc) is 3.00. The number of fused-ring (bicyclic) bond motifs is 1. The Kier molecular flexibility index (Phi) is 6.49. The predicted molar refractivity (Wildman–Crippen MR) is 122 cm³/mol. The third-order valence-corrected chi connectivity index (χ3v) is 6.78. The van der Waals surface area contributed by atoms with Crippen molar-refractivity contribution in [3.63, 3.8) is 0 Å². The highest BCUT2D eigenvalue weighted by atomic mass is 32.2. The quantitative estimate of drug-likeness (QED) is 0.640. The maximum Gasteiger partial charge on any atom is 0.329 e. The number of rotatable bonds is 5. The smallest absolute Gasteiger partial charge is 0.329 e. The molecule has 1 fully saturated rings. The first kappa shape index (κ1) is 21.7. The predicted octanol–water partition coefficient (Wildman–Crippen LogP) is 5.23. The summed E-state index contributed by atoms with van der Waals surface area (Å²) in [4.78, 5) is 19.0. The molecule has 1 aliphatic carbocycles. The van der Waals surface area contributed by atoms with Gasteiger partial charge in [-0.15, -0.1) is 5.06 Å². The second-order valence-corrected chi connectivity index (χ2v) is 9.38. The Labute approximate surface area is 184 Å². The number of allylic oxidation sites excluding steroid dienone is 2. The van der Waals surface area contributed by atoms with Gasteiger partial charge in [0.05, 0.1) is 6.42 Å². The van der Waals surface area contributed by atoms with Gasteiger partial charge in [0, 0.05) is 35.0 Å². The van der Waals surface area contributed by atoms with Crippen LogP contribution in [0, 0.1) is 5.82 Å². The number of hydrogen-bond acceptors (Lipinski definition) is 4. The third-order valence-electron chi connectivity index (χ3n) is 5.84. The van der Waals surface area contributed by atoms with E-state index in [0.29, 0.717) is 0 Å². The summed E-state index contributed by atoms with van der Waals surface area (Å²) in [5.41, 5.74) is 5.30. The van der Waals surface area contributed by atoms with Gasteiger partial charge in [-0.25, -0.2) is 9.18 Å². The molecule has 2 aromatic rings. The van der Waals surface area contributed by atoms with Gasteiger partial charge in [-0.2, -0.15) is 0 Å². The summed E-state index contributed by atoms with van der Waals surface area (Å²) in [5, 5.41) is 1.74. The molecule has 31 heavy (non-hydrogen) atoms. The van der Waals surface area contributed by atoms with Gasteiger partial charge >= 0.3 is 5.97 Å². The Hall–Kier alpha value is -2.57. The molecule has 0 radical (unpaired) electrons. The minimum absolute atomic E-state index is 0.101. The number of piperidine rings is 1. The molecule has 4 nitrogen and oxygen atoms in total. The number of nitrogens with zero attached hydrogens (tertiary/aromatic N) is 1. The van der Waals surface area contributed by atoms with E-state index >= 15 is 0 Å². The number of hydrogen-bond donors (Lipinski definition) is 0. The van der Waals surface area contributed by atoms with Gasteiger partial charge in [-0.05, 0) is 83.5 Å². The van der Waals surface area contributed by atoms with Gasteiger partial charge in [0.1, 0.15) is 5.82 Å². The third kappa shape index (κ3) is 4.86. The molecular weight excluding hydrogens is 413 g/mol. The van der Waals surface area contributed by atoms with Crippen molar-refractivity contribution in [1.29, 1.82) is 0 Å². The van der Waals surface area contributed by atoms with Gasteiger partial charge in [-0.3, -0.25) is 4.21 Å². The van der Waals surface area contributed by atoms with Crippen molar-refractivity contribution >= 4 is 34.0 Å². The lowest BCUT2D eigenvalue weighted by molar-refractivity contribution is -0.193. The van der Waals surface area contributed by atoms with Crippen LogP contribution in [0.5, 0.6) is 0 Å². The first-order valence-corrected chi connectivity index (χ1v) is 12.1. The first-order chi connectivity index (χ1) is 14.9. The van der Waals surface area contributed by atoms with Crippen LogP contribution in [-0.2, 0) is 20.4 Å². The summed E-state index contributed by atoms with van der Waals surface area (Å²) < 4.78 is 25.7. The lowest BCUT2D eigenvalue weighted by atomic mass is 10.0. The second-order valence-electron chi connectivity index (χ2n) is 8.00. The fourth-order valence-electron chi connectivity index (χ4n) is 4.18. The van der Waals surface area contributed by atoms with Crippen molar-refractivity contribution in [2.24, 2.45) is 0 Å². The molecule has 0 bridgehead atoms. The van der Waals surface area contributed by atoms with Crippen LogP contribution in [0.25, 0.3) is 17.2 Å². The molecular formula is C25H26FNO3S. The molecule has 0 aromatic heterocycles. The molecule has 2 aliphatic rings. The van der Waals surface area contributed by atoms with Crippen molar-refractivity contribution in [1.82, 2.24) is 5.06 Å². The minimum atomic E-state index is -1.03. The van der Waals surface area contributed by atoms with Crippen LogP contribution in [0.1, 0.15) is 49.3 Å². The van der Waals surface area contributed by atoms with Gasteiger partial charge in [0.25, 0.3) is 0 Å². The number of hydroxylamine groups is 2. The summed E-state index contributed by atoms with van der Waals surface area (Å²) in [6.07, 6.45) is 6.99. The van der Waals surface area contributed by atoms with Gasteiger partial charge in [0.2, 0.25) is 0 Å². The number of carbonyl (C=O) groups is 1. The lowest BCUT2D eigenvalue weighted by Gasteiger charge is -2.25. The van der Waals surface area contributed by atoms with Crippen molar-refractivity contribution in [2.75, 3.05) is 19.3 Å². The second kappa shape index (κ2) is 9.28. The largest absolute Gasteiger partial charge is 0.368 e. The van der Waals surface area contributed by atoms with E-state index in [9.17, 15) is 13.4 Å². The number of benzene rings is 2. The van der Waals surface area contributed by atoms with Crippen molar-refractivity contribution < 1.29 is 18.2 Å². The molecule has 0 N–H and O–H groups in total. The zero-order valence-corrected chi connectivity index (χ0v) is 18.6. The van der Waals surface area contributed by atoms with E-state index in [0.717, 1.165) is 70.7 Å². The van der Waals surface area contributed by atoms with Crippen molar-refractivity contribution in [3.8, 4) is 0 Å². The van der Waals surface area contributed by atoms with Crippen LogP contribution in [0.3, 0.4) is 0 Å². The van der Waals surface area contributed by atoms with E-state index in [1.165, 1.54) is 12.1 Å². The summed E-state index contributed by atoms with van der Waals surface area (Å²) >= 11 is 0. The molecule has 1 unspecified atom stereocenters. The molecule has 0 saturated carbocycles. The Morgan fingerprint density at radius 2 is 1.81 bits per heavy atom. The van der Waals surface area contributed by atoms with E-state index < -0.39 is 10.8 Å². The zero-order valence-electron chi connectivity index (χ0n) is 17.8. The highest BCUT2D eigenvalue weighted by Crippen LogP contribution is 2.44. The fraction of sp³-hybridized carbons (Fsp3) is 0.320. The normalized spacial score (nSPS) is 18.9. The van der Waals surface area contributed by atoms with Crippen LogP contribution in [-0.4, -0.2) is 34.6 Å². The van der Waals surface area contributed by atoms with Gasteiger partial charge in [0.15, 0.2) is 0 Å². The Morgan fingerprint density at radius 1 is 1.10 bits per heavy atom. The van der Waals surface area contributed by atoms with E-state index in [4.69, 9.17) is 4.84 Å². The molecule has 4 rings (SSSR count). The molecule has 1 atom stereocenters. The topological polar surface area (TPSA) is 46.6 Å². The Bertz CT molecular complexity index is 1080. The van der Waals surface area contributed by atoms with Gasteiger partial charge < -0.3 is 4.84 Å². The Morgan fingerprint density at radius 3 is 2.48 bits per heavy atom. The molecule has 1 saturated heterocycles. The average molecular weight is 440 g/mol. The summed E-state index contributed by atoms with van der Waals surface area (Å²) in [6.45, 7) is 3.49. The van der Waals surface area contributed by atoms with Crippen LogP contribution in [0.4, 0.5) is 4.39 Å². The van der Waals surface area contributed by atoms with Crippen LogP contribution >= 0.6 is 0 Å². The van der Waals surface area contributed by atoms with Crippen molar-refractivity contribution in [2.45, 2.75) is 37.5 Å². The molecule has 1 aliphatic heterocycles.